The molecular weight excluding hydrogens is 188 g/mol. The van der Waals surface area contributed by atoms with E-state index >= 15 is 0 Å². The van der Waals surface area contributed by atoms with Gasteiger partial charge in [0, 0.05) is 6.42 Å². The summed E-state index contributed by atoms with van der Waals surface area (Å²) in [6.07, 6.45) is 0.838. The Hall–Kier alpha value is -0.130. The van der Waals surface area contributed by atoms with Crippen LogP contribution in [-0.4, -0.2) is 53.2 Å². The molecule has 1 saturated heterocycles. The molecule has 0 aromatic heterocycles. The minimum Gasteiger partial charge on any atom is -0.338 e. The number of nitrogens with two attached hydrogens (primary N) is 1. The fourth-order valence-corrected chi connectivity index (χ4v) is 3.40. The van der Waals surface area contributed by atoms with Crippen LogP contribution in [0.5, 0.6) is 0 Å². The zero-order chi connectivity index (χ0) is 9.90. The van der Waals surface area contributed by atoms with E-state index in [1.165, 1.54) is 4.90 Å². The van der Waals surface area contributed by atoms with Crippen LogP contribution < -0.4 is 10.2 Å². The Labute approximate surface area is 80.2 Å². The second kappa shape index (κ2) is 4.39. The molecule has 1 fully saturated rings. The molecule has 13 heavy (non-hydrogen) atoms. The van der Waals surface area contributed by atoms with E-state index in [-0.39, 0.29) is 0 Å². The van der Waals surface area contributed by atoms with Gasteiger partial charge >= 0.3 is 0 Å². The van der Waals surface area contributed by atoms with Crippen molar-refractivity contribution in [1.82, 2.24) is 0 Å². The predicted octanol–water partition coefficient (Wildman–Crippen LogP) is -3.12. The van der Waals surface area contributed by atoms with Crippen molar-refractivity contribution in [3.05, 3.63) is 0 Å². The van der Waals surface area contributed by atoms with Gasteiger partial charge in [0.15, 0.2) is 9.84 Å². The van der Waals surface area contributed by atoms with Gasteiger partial charge in [0.05, 0.1) is 19.8 Å². The molecule has 0 radical (unpaired) electrons. The monoisotopic (exact) mass is 208 g/mol. The third-order valence-electron chi connectivity index (χ3n) is 2.41. The number of quaternary nitrogens is 2. The van der Waals surface area contributed by atoms with Gasteiger partial charge in [-0.15, -0.1) is 0 Å². The van der Waals surface area contributed by atoms with Gasteiger partial charge in [0.2, 0.25) is 0 Å². The number of rotatable bonds is 4. The van der Waals surface area contributed by atoms with Crippen LogP contribution in [0.1, 0.15) is 6.42 Å². The van der Waals surface area contributed by atoms with E-state index < -0.39 is 9.84 Å². The normalized spacial score (nSPS) is 26.8. The van der Waals surface area contributed by atoms with Gasteiger partial charge in [-0.05, 0) is 0 Å². The smallest absolute Gasteiger partial charge is 0.156 e. The minimum absolute atomic E-state index is 0.323. The maximum atomic E-state index is 11.1. The van der Waals surface area contributed by atoms with Gasteiger partial charge in [0.1, 0.15) is 24.9 Å². The molecule has 0 aromatic rings. The van der Waals surface area contributed by atoms with Crippen LogP contribution >= 0.6 is 0 Å². The lowest BCUT2D eigenvalue weighted by molar-refractivity contribution is -0.876. The van der Waals surface area contributed by atoms with E-state index in [9.17, 15) is 8.42 Å². The molecule has 0 amide bonds. The Balaban J connectivity index is 2.18. The Bertz CT molecular complexity index is 249. The number of hydrogen-bond acceptors (Lipinski definition) is 2. The average Bonchev–Trinajstić information content (AvgIpc) is 2.29. The topological polar surface area (TPSA) is 55.2 Å². The Morgan fingerprint density at radius 1 is 1.46 bits per heavy atom. The highest BCUT2D eigenvalue weighted by atomic mass is 32.2. The lowest BCUT2D eigenvalue weighted by Gasteiger charge is -2.09. The summed E-state index contributed by atoms with van der Waals surface area (Å²) in [5.41, 5.74) is 0. The molecule has 0 spiro atoms. The molecular formula is C8H20N2O2S+2. The van der Waals surface area contributed by atoms with Crippen LogP contribution in [0.3, 0.4) is 0 Å². The molecule has 1 rings (SSSR count). The third kappa shape index (κ3) is 4.06. The Morgan fingerprint density at radius 3 is 2.62 bits per heavy atom. The second-order valence-electron chi connectivity index (χ2n) is 4.14. The van der Waals surface area contributed by atoms with Crippen molar-refractivity contribution in [3.8, 4) is 0 Å². The van der Waals surface area contributed by atoms with Crippen LogP contribution in [-0.2, 0) is 9.84 Å². The average molecular weight is 208 g/mol. The molecule has 0 aliphatic carbocycles. The maximum absolute atomic E-state index is 11.1. The van der Waals surface area contributed by atoms with Crippen LogP contribution in [0, 0.1) is 0 Å². The molecule has 78 valence electrons. The quantitative estimate of drug-likeness (QED) is 0.514. The summed E-state index contributed by atoms with van der Waals surface area (Å²) in [5.74, 6) is 0.777. The molecule has 5 heteroatoms. The summed E-state index contributed by atoms with van der Waals surface area (Å²) in [6, 6.07) is 0.323. The van der Waals surface area contributed by atoms with Gasteiger partial charge in [-0.25, -0.2) is 8.42 Å². The number of likely N-dealkylation sites (N-methyl/N-ethyl adjacent to an activating group) is 1. The first-order chi connectivity index (χ1) is 5.99. The molecule has 1 atom stereocenters. The largest absolute Gasteiger partial charge is 0.338 e. The first kappa shape index (κ1) is 10.9. The van der Waals surface area contributed by atoms with Crippen molar-refractivity contribution in [3.63, 3.8) is 0 Å². The van der Waals surface area contributed by atoms with E-state index in [0.29, 0.717) is 17.5 Å². The van der Waals surface area contributed by atoms with Crippen LogP contribution in [0.15, 0.2) is 0 Å². The number of sulfone groups is 1. The van der Waals surface area contributed by atoms with Crippen LogP contribution in [0.25, 0.3) is 0 Å². The Morgan fingerprint density at radius 2 is 2.15 bits per heavy atom. The van der Waals surface area contributed by atoms with Gasteiger partial charge in [-0.1, -0.05) is 0 Å². The predicted molar refractivity (Wildman–Crippen MR) is 51.5 cm³/mol. The first-order valence-electron chi connectivity index (χ1n) is 4.82. The minimum atomic E-state index is -2.68. The molecule has 3 N–H and O–H groups in total. The van der Waals surface area contributed by atoms with Crippen molar-refractivity contribution in [2.45, 2.75) is 12.5 Å². The van der Waals surface area contributed by atoms with Crippen molar-refractivity contribution < 1.29 is 18.6 Å². The van der Waals surface area contributed by atoms with Crippen LogP contribution in [0.2, 0.25) is 0 Å². The second-order valence-corrected chi connectivity index (χ2v) is 6.37. The summed E-state index contributed by atoms with van der Waals surface area (Å²) in [7, 11) is 1.54. The number of hydrogen-bond donors (Lipinski definition) is 2. The zero-order valence-corrected chi connectivity index (χ0v) is 9.23. The molecule has 0 saturated carbocycles. The van der Waals surface area contributed by atoms with Crippen molar-refractivity contribution in [2.75, 3.05) is 38.7 Å². The van der Waals surface area contributed by atoms with Gasteiger partial charge in [-0.2, -0.15) is 0 Å². The van der Waals surface area contributed by atoms with E-state index in [1.807, 2.05) is 0 Å². The summed E-state index contributed by atoms with van der Waals surface area (Å²) >= 11 is 0. The molecule has 0 bridgehead atoms. The van der Waals surface area contributed by atoms with Gasteiger partial charge in [0.25, 0.3) is 0 Å². The van der Waals surface area contributed by atoms with Crippen molar-refractivity contribution >= 4 is 9.84 Å². The molecule has 0 unspecified atom stereocenters. The van der Waals surface area contributed by atoms with Gasteiger partial charge in [-0.3, -0.25) is 0 Å². The first-order valence-corrected chi connectivity index (χ1v) is 6.64. The third-order valence-corrected chi connectivity index (χ3v) is 4.21. The zero-order valence-electron chi connectivity index (χ0n) is 8.41. The molecule has 1 aliphatic rings. The molecule has 1 heterocycles. The van der Waals surface area contributed by atoms with Gasteiger partial charge < -0.3 is 10.2 Å². The van der Waals surface area contributed by atoms with E-state index in [1.54, 1.807) is 0 Å². The fourth-order valence-electron chi connectivity index (χ4n) is 1.62. The summed E-state index contributed by atoms with van der Waals surface area (Å²) in [5, 5.41) is 2.18. The van der Waals surface area contributed by atoms with Crippen molar-refractivity contribution in [2.24, 2.45) is 0 Å². The lowest BCUT2D eigenvalue weighted by Crippen LogP contribution is -3.10. The summed E-state index contributed by atoms with van der Waals surface area (Å²) < 4.78 is 22.2. The molecule has 0 aromatic carbocycles. The number of nitrogens with one attached hydrogen (secondary N) is 1. The maximum Gasteiger partial charge on any atom is 0.156 e. The SMILES string of the molecule is C[NH+](C)CC[NH2+][C@@H]1CCS(=O)(=O)C1. The highest BCUT2D eigenvalue weighted by molar-refractivity contribution is 7.91. The highest BCUT2D eigenvalue weighted by Crippen LogP contribution is 2.07. The lowest BCUT2D eigenvalue weighted by atomic mass is 10.2. The van der Waals surface area contributed by atoms with Crippen molar-refractivity contribution in [1.29, 1.82) is 0 Å². The summed E-state index contributed by atoms with van der Waals surface area (Å²) in [4.78, 5) is 1.41. The van der Waals surface area contributed by atoms with E-state index in [4.69, 9.17) is 0 Å². The van der Waals surface area contributed by atoms with E-state index in [2.05, 4.69) is 19.4 Å². The van der Waals surface area contributed by atoms with Crippen LogP contribution in [0.4, 0.5) is 0 Å². The van der Waals surface area contributed by atoms with E-state index in [0.717, 1.165) is 19.5 Å². The molecule has 4 nitrogen and oxygen atoms in total. The highest BCUT2D eigenvalue weighted by Gasteiger charge is 2.30. The Kier molecular flexibility index (Phi) is 3.70. The fraction of sp³-hybridized carbons (Fsp3) is 1.00. The summed E-state index contributed by atoms with van der Waals surface area (Å²) in [6.45, 7) is 2.12. The molecule has 1 aliphatic heterocycles. The standard InChI is InChI=1S/C8H18N2O2S/c1-10(2)5-4-9-8-3-6-13(11,12)7-8/h8-9H,3-7H2,1-2H3/p+2/t8-/m1/s1.